The molecule has 1 aromatic heterocycles. The maximum Gasteiger partial charge on any atom is 0.0623 e. The number of nitrogens with one attached hydrogen (secondary N) is 1. The summed E-state index contributed by atoms with van der Waals surface area (Å²) in [7, 11) is 0. The summed E-state index contributed by atoms with van der Waals surface area (Å²) in [4.78, 5) is 4.41. The van der Waals surface area contributed by atoms with Crippen LogP contribution in [0.5, 0.6) is 0 Å². The Morgan fingerprint density at radius 2 is 1.94 bits per heavy atom. The highest BCUT2D eigenvalue weighted by Crippen LogP contribution is 2.18. The van der Waals surface area contributed by atoms with Crippen LogP contribution in [0.3, 0.4) is 0 Å². The molecule has 18 heavy (non-hydrogen) atoms. The van der Waals surface area contributed by atoms with Crippen molar-refractivity contribution >= 4 is 5.69 Å². The maximum absolute atomic E-state index is 4.41. The van der Waals surface area contributed by atoms with E-state index in [4.69, 9.17) is 0 Å². The van der Waals surface area contributed by atoms with Gasteiger partial charge >= 0.3 is 0 Å². The highest BCUT2D eigenvalue weighted by Gasteiger charge is 2.02. The Balaban J connectivity index is 2.08. The molecule has 0 aliphatic carbocycles. The van der Waals surface area contributed by atoms with Gasteiger partial charge in [0.05, 0.1) is 12.2 Å². The van der Waals surface area contributed by atoms with Crippen molar-refractivity contribution in [3.05, 3.63) is 59.4 Å². The first-order valence-electron chi connectivity index (χ1n) is 6.53. The Hall–Kier alpha value is -1.83. The number of aryl methyl sites for hydroxylation is 2. The van der Waals surface area contributed by atoms with Crippen molar-refractivity contribution in [1.29, 1.82) is 0 Å². The van der Waals surface area contributed by atoms with E-state index in [9.17, 15) is 0 Å². The number of anilines is 1. The molecule has 0 saturated heterocycles. The largest absolute Gasteiger partial charge is 0.379 e. The van der Waals surface area contributed by atoms with Gasteiger partial charge in [0.2, 0.25) is 0 Å². The van der Waals surface area contributed by atoms with Crippen molar-refractivity contribution in [2.45, 2.75) is 33.2 Å². The van der Waals surface area contributed by atoms with Gasteiger partial charge in [-0.25, -0.2) is 0 Å². The molecule has 0 amide bonds. The van der Waals surface area contributed by atoms with Crippen molar-refractivity contribution in [2.24, 2.45) is 0 Å². The minimum absolute atomic E-state index is 0.785. The van der Waals surface area contributed by atoms with E-state index in [-0.39, 0.29) is 0 Å². The van der Waals surface area contributed by atoms with Gasteiger partial charge in [-0.3, -0.25) is 4.98 Å². The third-order valence-corrected chi connectivity index (χ3v) is 3.10. The van der Waals surface area contributed by atoms with Gasteiger partial charge in [0.1, 0.15) is 0 Å². The lowest BCUT2D eigenvalue weighted by Gasteiger charge is -2.12. The molecule has 0 atom stereocenters. The number of benzene rings is 1. The number of pyridine rings is 1. The van der Waals surface area contributed by atoms with Gasteiger partial charge in [-0.1, -0.05) is 37.6 Å². The minimum Gasteiger partial charge on any atom is -0.379 e. The Labute approximate surface area is 109 Å². The van der Waals surface area contributed by atoms with Crippen LogP contribution in [0.4, 0.5) is 5.69 Å². The van der Waals surface area contributed by atoms with Crippen molar-refractivity contribution in [3.8, 4) is 0 Å². The van der Waals surface area contributed by atoms with Crippen LogP contribution < -0.4 is 5.32 Å². The third-order valence-electron chi connectivity index (χ3n) is 3.10. The SMILES string of the molecule is CCCc1ccccc1NCc1ncccc1C. The second-order valence-corrected chi connectivity index (χ2v) is 4.53. The molecule has 2 nitrogen and oxygen atoms in total. The Kier molecular flexibility index (Phi) is 4.35. The fraction of sp³-hybridized carbons (Fsp3) is 0.312. The molecule has 0 unspecified atom stereocenters. The average Bonchev–Trinajstić information content (AvgIpc) is 2.40. The van der Waals surface area contributed by atoms with Crippen LogP contribution in [0.1, 0.15) is 30.2 Å². The van der Waals surface area contributed by atoms with Gasteiger partial charge in [-0.2, -0.15) is 0 Å². The van der Waals surface area contributed by atoms with Crippen LogP contribution in [-0.2, 0) is 13.0 Å². The van der Waals surface area contributed by atoms with Gasteiger partial charge in [0.25, 0.3) is 0 Å². The van der Waals surface area contributed by atoms with E-state index in [0.717, 1.165) is 18.7 Å². The summed E-state index contributed by atoms with van der Waals surface area (Å²) in [5, 5.41) is 3.49. The molecular formula is C16H20N2. The Bertz CT molecular complexity index is 506. The number of rotatable bonds is 5. The predicted molar refractivity (Wildman–Crippen MR) is 76.7 cm³/mol. The summed E-state index contributed by atoms with van der Waals surface area (Å²) in [6, 6.07) is 12.6. The number of nitrogens with zero attached hydrogens (tertiary/aromatic N) is 1. The van der Waals surface area contributed by atoms with Crippen molar-refractivity contribution in [3.63, 3.8) is 0 Å². The zero-order chi connectivity index (χ0) is 12.8. The van der Waals surface area contributed by atoms with Gasteiger partial charge in [0.15, 0.2) is 0 Å². The zero-order valence-electron chi connectivity index (χ0n) is 11.1. The summed E-state index contributed by atoms with van der Waals surface area (Å²) in [5.41, 5.74) is 4.96. The normalized spacial score (nSPS) is 10.3. The predicted octanol–water partition coefficient (Wildman–Crippen LogP) is 3.95. The standard InChI is InChI=1S/C16H20N2/c1-3-7-14-9-4-5-10-15(14)18-12-16-13(2)8-6-11-17-16/h4-6,8-11,18H,3,7,12H2,1-2H3. The van der Waals surface area contributed by atoms with E-state index in [2.05, 4.69) is 54.5 Å². The summed E-state index contributed by atoms with van der Waals surface area (Å²) >= 11 is 0. The number of aromatic nitrogens is 1. The van der Waals surface area contributed by atoms with Gasteiger partial charge < -0.3 is 5.32 Å². The Morgan fingerprint density at radius 1 is 1.11 bits per heavy atom. The molecule has 2 aromatic rings. The summed E-state index contributed by atoms with van der Waals surface area (Å²) in [6.07, 6.45) is 4.13. The molecule has 1 N–H and O–H groups in total. The molecular weight excluding hydrogens is 220 g/mol. The van der Waals surface area contributed by atoms with Crippen LogP contribution >= 0.6 is 0 Å². The van der Waals surface area contributed by atoms with Gasteiger partial charge in [-0.15, -0.1) is 0 Å². The molecule has 0 radical (unpaired) electrons. The molecule has 1 aromatic carbocycles. The van der Waals surface area contributed by atoms with E-state index in [1.54, 1.807) is 0 Å². The molecule has 0 bridgehead atoms. The van der Waals surface area contributed by atoms with Crippen molar-refractivity contribution in [1.82, 2.24) is 4.98 Å². The first-order chi connectivity index (χ1) is 8.81. The van der Waals surface area contributed by atoms with Crippen LogP contribution in [0.2, 0.25) is 0 Å². The molecule has 1 heterocycles. The molecule has 94 valence electrons. The number of para-hydroxylation sites is 1. The average molecular weight is 240 g/mol. The van der Waals surface area contributed by atoms with Crippen LogP contribution in [0.15, 0.2) is 42.6 Å². The van der Waals surface area contributed by atoms with Crippen LogP contribution in [0, 0.1) is 6.92 Å². The fourth-order valence-corrected chi connectivity index (χ4v) is 2.06. The second-order valence-electron chi connectivity index (χ2n) is 4.53. The van der Waals surface area contributed by atoms with E-state index in [1.165, 1.54) is 23.2 Å². The number of hydrogen-bond donors (Lipinski definition) is 1. The van der Waals surface area contributed by atoms with Gasteiger partial charge in [-0.05, 0) is 36.6 Å². The summed E-state index contributed by atoms with van der Waals surface area (Å²) < 4.78 is 0. The maximum atomic E-state index is 4.41. The lowest BCUT2D eigenvalue weighted by Crippen LogP contribution is -2.05. The molecule has 0 spiro atoms. The monoisotopic (exact) mass is 240 g/mol. The first-order valence-corrected chi connectivity index (χ1v) is 6.53. The summed E-state index contributed by atoms with van der Waals surface area (Å²) in [6.45, 7) is 5.09. The van der Waals surface area contributed by atoms with Crippen molar-refractivity contribution in [2.75, 3.05) is 5.32 Å². The van der Waals surface area contributed by atoms with E-state index < -0.39 is 0 Å². The van der Waals surface area contributed by atoms with E-state index in [0.29, 0.717) is 0 Å². The molecule has 0 saturated carbocycles. The lowest BCUT2D eigenvalue weighted by molar-refractivity contribution is 0.916. The highest BCUT2D eigenvalue weighted by molar-refractivity contribution is 5.51. The minimum atomic E-state index is 0.785. The number of hydrogen-bond acceptors (Lipinski definition) is 2. The van der Waals surface area contributed by atoms with E-state index >= 15 is 0 Å². The third kappa shape index (κ3) is 3.10. The molecule has 0 aliphatic heterocycles. The second kappa shape index (κ2) is 6.20. The van der Waals surface area contributed by atoms with Crippen molar-refractivity contribution < 1.29 is 0 Å². The van der Waals surface area contributed by atoms with Crippen LogP contribution in [0.25, 0.3) is 0 Å². The quantitative estimate of drug-likeness (QED) is 0.855. The zero-order valence-corrected chi connectivity index (χ0v) is 11.1. The topological polar surface area (TPSA) is 24.9 Å². The Morgan fingerprint density at radius 3 is 2.72 bits per heavy atom. The highest BCUT2D eigenvalue weighted by atomic mass is 14.9. The summed E-state index contributed by atoms with van der Waals surface area (Å²) in [5.74, 6) is 0. The van der Waals surface area contributed by atoms with Gasteiger partial charge in [0, 0.05) is 11.9 Å². The van der Waals surface area contributed by atoms with Crippen LogP contribution in [-0.4, -0.2) is 4.98 Å². The first kappa shape index (κ1) is 12.6. The molecule has 2 rings (SSSR count). The molecule has 2 heteroatoms. The fourth-order valence-electron chi connectivity index (χ4n) is 2.06. The smallest absolute Gasteiger partial charge is 0.0623 e. The lowest BCUT2D eigenvalue weighted by atomic mass is 10.1. The molecule has 0 aliphatic rings. The van der Waals surface area contributed by atoms with E-state index in [1.807, 2.05) is 12.3 Å². The molecule has 0 fully saturated rings.